The summed E-state index contributed by atoms with van der Waals surface area (Å²) in [6.45, 7) is 0. The second kappa shape index (κ2) is 8.34. The summed E-state index contributed by atoms with van der Waals surface area (Å²) in [6.07, 6.45) is 0. The number of sulfonamides is 1. The molecule has 29 heavy (non-hydrogen) atoms. The molecular weight excluding hydrogens is 414 g/mol. The zero-order chi connectivity index (χ0) is 21.0. The normalized spacial score (nSPS) is 10.9. The predicted molar refractivity (Wildman–Crippen MR) is 112 cm³/mol. The van der Waals surface area contributed by atoms with Gasteiger partial charge in [-0.1, -0.05) is 29.8 Å². The van der Waals surface area contributed by atoms with Crippen molar-refractivity contribution in [2.75, 3.05) is 10.0 Å². The molecule has 0 fully saturated rings. The topological polar surface area (TPSA) is 118 Å². The smallest absolute Gasteiger partial charge is 0.261 e. The summed E-state index contributed by atoms with van der Waals surface area (Å²) in [4.78, 5) is 23.7. The molecule has 0 aliphatic carbocycles. The molecule has 0 spiro atoms. The number of hydrogen-bond donors (Lipinski definition) is 3. The van der Waals surface area contributed by atoms with Crippen LogP contribution in [0.25, 0.3) is 0 Å². The van der Waals surface area contributed by atoms with Crippen LogP contribution < -0.4 is 15.8 Å². The number of hydrogen-bond acceptors (Lipinski definition) is 4. The van der Waals surface area contributed by atoms with E-state index in [2.05, 4.69) is 10.0 Å². The number of halogens is 1. The van der Waals surface area contributed by atoms with Crippen molar-refractivity contribution >= 4 is 44.8 Å². The summed E-state index contributed by atoms with van der Waals surface area (Å²) in [7, 11) is -3.71. The third-order valence-electron chi connectivity index (χ3n) is 3.95. The molecule has 7 nitrogen and oxygen atoms in total. The number of amides is 2. The summed E-state index contributed by atoms with van der Waals surface area (Å²) in [6, 6.07) is 18.2. The molecule has 0 saturated heterocycles. The highest BCUT2D eigenvalue weighted by Crippen LogP contribution is 2.22. The van der Waals surface area contributed by atoms with Crippen molar-refractivity contribution in [3.8, 4) is 0 Å². The summed E-state index contributed by atoms with van der Waals surface area (Å²) in [5.74, 6) is -1.09. The highest BCUT2D eigenvalue weighted by molar-refractivity contribution is 7.92. The van der Waals surface area contributed by atoms with Crippen LogP contribution in [0.3, 0.4) is 0 Å². The average molecular weight is 430 g/mol. The third-order valence-corrected chi connectivity index (χ3v) is 5.66. The molecule has 0 heterocycles. The zero-order valence-electron chi connectivity index (χ0n) is 14.9. The quantitative estimate of drug-likeness (QED) is 0.555. The van der Waals surface area contributed by atoms with E-state index < -0.39 is 21.8 Å². The predicted octanol–water partition coefficient (Wildman–Crippen LogP) is 3.49. The van der Waals surface area contributed by atoms with Crippen LogP contribution in [0.2, 0.25) is 5.02 Å². The molecule has 0 aliphatic rings. The molecule has 0 atom stereocenters. The molecular formula is C20H16ClN3O4S. The lowest BCUT2D eigenvalue weighted by atomic mass is 10.1. The van der Waals surface area contributed by atoms with Gasteiger partial charge in [-0.15, -0.1) is 0 Å². The minimum Gasteiger partial charge on any atom is -0.366 e. The molecule has 3 aromatic rings. The second-order valence-corrected chi connectivity index (χ2v) is 8.10. The Morgan fingerprint density at radius 3 is 2.07 bits per heavy atom. The molecule has 3 aromatic carbocycles. The van der Waals surface area contributed by atoms with Crippen molar-refractivity contribution in [2.24, 2.45) is 5.73 Å². The number of carbonyl (C=O) groups excluding carboxylic acids is 2. The van der Waals surface area contributed by atoms with Crippen LogP contribution in [-0.4, -0.2) is 20.2 Å². The van der Waals surface area contributed by atoms with Crippen LogP contribution in [0.15, 0.2) is 77.7 Å². The van der Waals surface area contributed by atoms with Gasteiger partial charge in [0, 0.05) is 16.9 Å². The van der Waals surface area contributed by atoms with Gasteiger partial charge in [-0.3, -0.25) is 14.3 Å². The van der Waals surface area contributed by atoms with E-state index in [4.69, 9.17) is 17.3 Å². The first-order valence-electron chi connectivity index (χ1n) is 8.35. The maximum Gasteiger partial charge on any atom is 0.261 e. The Hall–Kier alpha value is -3.36. The highest BCUT2D eigenvalue weighted by atomic mass is 35.5. The van der Waals surface area contributed by atoms with E-state index in [1.807, 2.05) is 0 Å². The van der Waals surface area contributed by atoms with E-state index >= 15 is 0 Å². The number of anilines is 2. The number of benzene rings is 3. The van der Waals surface area contributed by atoms with Crippen molar-refractivity contribution in [1.29, 1.82) is 0 Å². The van der Waals surface area contributed by atoms with Crippen molar-refractivity contribution in [3.05, 3.63) is 88.9 Å². The van der Waals surface area contributed by atoms with Crippen LogP contribution in [0.1, 0.15) is 20.7 Å². The Bertz CT molecular complexity index is 1160. The van der Waals surface area contributed by atoms with Crippen molar-refractivity contribution < 1.29 is 18.0 Å². The number of nitrogens with two attached hydrogens (primary N) is 1. The van der Waals surface area contributed by atoms with Gasteiger partial charge >= 0.3 is 0 Å². The fourth-order valence-electron chi connectivity index (χ4n) is 2.50. The zero-order valence-corrected chi connectivity index (χ0v) is 16.5. The molecule has 0 radical (unpaired) electrons. The Morgan fingerprint density at radius 2 is 1.48 bits per heavy atom. The van der Waals surface area contributed by atoms with Gasteiger partial charge in [-0.25, -0.2) is 8.42 Å². The van der Waals surface area contributed by atoms with Crippen molar-refractivity contribution in [2.45, 2.75) is 4.90 Å². The molecule has 9 heteroatoms. The summed E-state index contributed by atoms with van der Waals surface area (Å²) < 4.78 is 27.1. The molecule has 0 saturated carbocycles. The molecule has 0 bridgehead atoms. The van der Waals surface area contributed by atoms with Gasteiger partial charge in [0.2, 0.25) is 5.91 Å². The molecule has 4 N–H and O–H groups in total. The summed E-state index contributed by atoms with van der Waals surface area (Å²) >= 11 is 5.97. The van der Waals surface area contributed by atoms with Gasteiger partial charge in [-0.05, 0) is 54.6 Å². The van der Waals surface area contributed by atoms with Gasteiger partial charge in [0.25, 0.3) is 15.9 Å². The van der Waals surface area contributed by atoms with Crippen LogP contribution in [-0.2, 0) is 10.0 Å². The monoisotopic (exact) mass is 429 g/mol. The van der Waals surface area contributed by atoms with Gasteiger partial charge in [0.15, 0.2) is 0 Å². The van der Waals surface area contributed by atoms with Crippen LogP contribution >= 0.6 is 11.6 Å². The minimum atomic E-state index is -3.71. The van der Waals surface area contributed by atoms with Crippen molar-refractivity contribution in [3.63, 3.8) is 0 Å². The van der Waals surface area contributed by atoms with Gasteiger partial charge in [-0.2, -0.15) is 0 Å². The minimum absolute atomic E-state index is 0.126. The van der Waals surface area contributed by atoms with E-state index in [0.29, 0.717) is 16.9 Å². The highest BCUT2D eigenvalue weighted by Gasteiger charge is 2.14. The maximum absolute atomic E-state index is 12.4. The van der Waals surface area contributed by atoms with Crippen molar-refractivity contribution in [1.82, 2.24) is 0 Å². The summed E-state index contributed by atoms with van der Waals surface area (Å²) in [5.41, 5.74) is 6.36. The number of rotatable bonds is 6. The van der Waals surface area contributed by atoms with Crippen LogP contribution in [0, 0.1) is 0 Å². The van der Waals surface area contributed by atoms with E-state index in [0.717, 1.165) is 0 Å². The lowest BCUT2D eigenvalue weighted by molar-refractivity contribution is 0.0998. The Balaban J connectivity index is 1.71. The molecule has 3 rings (SSSR count). The lowest BCUT2D eigenvalue weighted by Crippen LogP contribution is -2.15. The third kappa shape index (κ3) is 4.92. The Labute approximate surface area is 172 Å². The first-order valence-corrected chi connectivity index (χ1v) is 10.2. The number of nitrogens with one attached hydrogen (secondary N) is 2. The maximum atomic E-state index is 12.4. The molecule has 2 amide bonds. The molecule has 0 aromatic heterocycles. The molecule has 0 aliphatic heterocycles. The van der Waals surface area contributed by atoms with E-state index in [1.54, 1.807) is 18.2 Å². The molecule has 148 valence electrons. The number of primary amides is 1. The van der Waals surface area contributed by atoms with E-state index in [1.165, 1.54) is 54.6 Å². The van der Waals surface area contributed by atoms with Crippen LogP contribution in [0.4, 0.5) is 11.4 Å². The Kier molecular flexibility index (Phi) is 5.86. The summed E-state index contributed by atoms with van der Waals surface area (Å²) in [5, 5.41) is 2.77. The fourth-order valence-corrected chi connectivity index (χ4v) is 3.85. The Morgan fingerprint density at radius 1 is 0.862 bits per heavy atom. The van der Waals surface area contributed by atoms with Gasteiger partial charge in [0.05, 0.1) is 15.5 Å². The van der Waals surface area contributed by atoms with E-state index in [-0.39, 0.29) is 15.5 Å². The second-order valence-electron chi connectivity index (χ2n) is 6.01. The van der Waals surface area contributed by atoms with Gasteiger partial charge < -0.3 is 11.1 Å². The fraction of sp³-hybridized carbons (Fsp3) is 0. The average Bonchev–Trinajstić information content (AvgIpc) is 2.68. The number of carbonyl (C=O) groups is 2. The van der Waals surface area contributed by atoms with E-state index in [9.17, 15) is 18.0 Å². The largest absolute Gasteiger partial charge is 0.366 e. The standard InChI is InChI=1S/C20H16ClN3O4S/c21-18-12-15(10-11-17(18)19(22)25)23-20(26)13-6-8-14(9-7-13)24-29(27,28)16-4-2-1-3-5-16/h1-12,24H,(H2,22,25)(H,23,26). The van der Waals surface area contributed by atoms with Crippen LogP contribution in [0.5, 0.6) is 0 Å². The molecule has 0 unspecified atom stereocenters. The first kappa shape index (κ1) is 20.4. The lowest BCUT2D eigenvalue weighted by Gasteiger charge is -2.10. The first-order chi connectivity index (χ1) is 13.8. The SMILES string of the molecule is NC(=O)c1ccc(NC(=O)c2ccc(NS(=O)(=O)c3ccccc3)cc2)cc1Cl. The van der Waals surface area contributed by atoms with Gasteiger partial charge in [0.1, 0.15) is 0 Å².